The number of rotatable bonds is 7. The van der Waals surface area contributed by atoms with Gasteiger partial charge in [-0.25, -0.2) is 4.98 Å². The van der Waals surface area contributed by atoms with Gasteiger partial charge in [0.1, 0.15) is 5.69 Å². The number of pyridine rings is 1. The number of hydrogen-bond donors (Lipinski definition) is 1. The molecule has 10 heteroatoms. The number of benzene rings is 1. The molecule has 3 aromatic heterocycles. The quantitative estimate of drug-likeness (QED) is 0.399. The fourth-order valence-electron chi connectivity index (χ4n) is 2.73. The van der Waals surface area contributed by atoms with Crippen molar-refractivity contribution in [2.24, 2.45) is 0 Å². The average Bonchev–Trinajstić information content (AvgIpc) is 3.40. The van der Waals surface area contributed by atoms with Crippen LogP contribution in [0.4, 0.5) is 5.13 Å². The molecule has 0 bridgehead atoms. The molecule has 1 amide bonds. The van der Waals surface area contributed by atoms with E-state index in [0.29, 0.717) is 27.7 Å². The van der Waals surface area contributed by atoms with Crippen molar-refractivity contribution in [3.63, 3.8) is 0 Å². The van der Waals surface area contributed by atoms with Crippen molar-refractivity contribution in [1.82, 2.24) is 24.7 Å². The average molecular weight is 457 g/mol. The number of anilines is 1. The smallest absolute Gasteiger partial charge is 0.236 e. The zero-order valence-electron chi connectivity index (χ0n) is 15.9. The van der Waals surface area contributed by atoms with Gasteiger partial charge in [0.05, 0.1) is 11.4 Å². The molecule has 1 N–H and O–H groups in total. The number of aromatic nitrogens is 5. The van der Waals surface area contributed by atoms with Gasteiger partial charge in [0, 0.05) is 28.7 Å². The highest BCUT2D eigenvalue weighted by Gasteiger charge is 2.16. The number of hydrogen-bond acceptors (Lipinski definition) is 7. The minimum atomic E-state index is -0.151. The lowest BCUT2D eigenvalue weighted by atomic mass is 10.2. The molecule has 0 aliphatic heterocycles. The van der Waals surface area contributed by atoms with Crippen LogP contribution < -0.4 is 5.32 Å². The van der Waals surface area contributed by atoms with Crippen LogP contribution >= 0.6 is 34.7 Å². The summed E-state index contributed by atoms with van der Waals surface area (Å²) in [6, 6.07) is 13.1. The van der Waals surface area contributed by atoms with Gasteiger partial charge >= 0.3 is 0 Å². The highest BCUT2D eigenvalue weighted by molar-refractivity contribution is 7.99. The Morgan fingerprint density at radius 3 is 2.73 bits per heavy atom. The van der Waals surface area contributed by atoms with Crippen molar-refractivity contribution in [2.45, 2.75) is 18.6 Å². The summed E-state index contributed by atoms with van der Waals surface area (Å²) in [5.41, 5.74) is 2.50. The third kappa shape index (κ3) is 4.69. The zero-order valence-corrected chi connectivity index (χ0v) is 18.3. The Morgan fingerprint density at radius 2 is 2.00 bits per heavy atom. The van der Waals surface area contributed by atoms with Crippen molar-refractivity contribution in [3.8, 4) is 22.8 Å². The predicted octanol–water partition coefficient (Wildman–Crippen LogP) is 4.87. The second-order valence-corrected chi connectivity index (χ2v) is 8.38. The van der Waals surface area contributed by atoms with Gasteiger partial charge in [-0.05, 0) is 31.2 Å². The first kappa shape index (κ1) is 20.5. The van der Waals surface area contributed by atoms with E-state index in [-0.39, 0.29) is 11.7 Å². The Balaban J connectivity index is 1.39. The lowest BCUT2D eigenvalue weighted by molar-refractivity contribution is -0.113. The molecule has 0 fully saturated rings. The SMILES string of the molecule is CCn1c(SCC(=O)Nc2nc(-c3ccc(Cl)cc3)cs2)nnc1-c1ccccn1. The lowest BCUT2D eigenvalue weighted by Gasteiger charge is -2.06. The summed E-state index contributed by atoms with van der Waals surface area (Å²) in [7, 11) is 0. The summed E-state index contributed by atoms with van der Waals surface area (Å²) < 4.78 is 1.95. The summed E-state index contributed by atoms with van der Waals surface area (Å²) in [5, 5.41) is 15.1. The molecule has 0 atom stereocenters. The van der Waals surface area contributed by atoms with E-state index < -0.39 is 0 Å². The van der Waals surface area contributed by atoms with E-state index in [1.165, 1.54) is 23.1 Å². The molecule has 30 heavy (non-hydrogen) atoms. The van der Waals surface area contributed by atoms with Crippen molar-refractivity contribution in [3.05, 3.63) is 59.1 Å². The monoisotopic (exact) mass is 456 g/mol. The van der Waals surface area contributed by atoms with Crippen molar-refractivity contribution in [1.29, 1.82) is 0 Å². The zero-order chi connectivity index (χ0) is 20.9. The Bertz CT molecular complexity index is 1140. The number of amides is 1. The maximum Gasteiger partial charge on any atom is 0.236 e. The summed E-state index contributed by atoms with van der Waals surface area (Å²) in [5.74, 6) is 0.742. The molecular weight excluding hydrogens is 440 g/mol. The van der Waals surface area contributed by atoms with E-state index in [1.54, 1.807) is 6.20 Å². The van der Waals surface area contributed by atoms with Gasteiger partial charge in [0.2, 0.25) is 5.91 Å². The highest BCUT2D eigenvalue weighted by atomic mass is 35.5. The van der Waals surface area contributed by atoms with E-state index in [0.717, 1.165) is 17.0 Å². The van der Waals surface area contributed by atoms with Gasteiger partial charge in [-0.1, -0.05) is 41.6 Å². The Hall–Kier alpha value is -2.75. The van der Waals surface area contributed by atoms with Gasteiger partial charge in [-0.15, -0.1) is 21.5 Å². The van der Waals surface area contributed by atoms with E-state index in [9.17, 15) is 4.79 Å². The Morgan fingerprint density at radius 1 is 1.17 bits per heavy atom. The largest absolute Gasteiger partial charge is 0.301 e. The normalized spacial score (nSPS) is 10.9. The first-order valence-corrected chi connectivity index (χ1v) is 11.4. The highest BCUT2D eigenvalue weighted by Crippen LogP contribution is 2.27. The molecule has 0 aliphatic rings. The fourth-order valence-corrected chi connectivity index (χ4v) is 4.40. The molecular formula is C20H17ClN6OS2. The summed E-state index contributed by atoms with van der Waals surface area (Å²) in [6.45, 7) is 2.69. The number of carbonyl (C=O) groups excluding carboxylic acids is 1. The van der Waals surface area contributed by atoms with Crippen molar-refractivity contribution in [2.75, 3.05) is 11.1 Å². The minimum absolute atomic E-state index is 0.151. The fraction of sp³-hybridized carbons (Fsp3) is 0.150. The first-order chi connectivity index (χ1) is 14.6. The maximum atomic E-state index is 12.4. The first-order valence-electron chi connectivity index (χ1n) is 9.12. The molecule has 1 aromatic carbocycles. The molecule has 0 saturated heterocycles. The van der Waals surface area contributed by atoms with E-state index in [2.05, 4.69) is 25.5 Å². The van der Waals surface area contributed by atoms with Crippen LogP contribution in [0.5, 0.6) is 0 Å². The second-order valence-electron chi connectivity index (χ2n) is 6.15. The standard InChI is InChI=1S/C20H17ClN6OS2/c1-2-27-18(15-5-3-4-10-22-15)25-26-20(27)30-12-17(28)24-19-23-16(11-29-19)13-6-8-14(21)9-7-13/h3-11H,2,12H2,1H3,(H,23,24,28). The van der Waals surface area contributed by atoms with E-state index in [1.807, 2.05) is 59.3 Å². The van der Waals surface area contributed by atoms with Crippen LogP contribution in [0.25, 0.3) is 22.8 Å². The van der Waals surface area contributed by atoms with Crippen molar-refractivity contribution < 1.29 is 4.79 Å². The Kier molecular flexibility index (Phi) is 6.41. The summed E-state index contributed by atoms with van der Waals surface area (Å²) in [6.07, 6.45) is 1.72. The molecule has 7 nitrogen and oxygen atoms in total. The van der Waals surface area contributed by atoms with Crippen LogP contribution in [0.1, 0.15) is 6.92 Å². The number of carbonyl (C=O) groups is 1. The van der Waals surface area contributed by atoms with Gasteiger partial charge < -0.3 is 9.88 Å². The topological polar surface area (TPSA) is 85.6 Å². The second kappa shape index (κ2) is 9.38. The van der Waals surface area contributed by atoms with E-state index in [4.69, 9.17) is 11.6 Å². The molecule has 0 spiro atoms. The molecule has 0 aliphatic carbocycles. The van der Waals surface area contributed by atoms with Crippen LogP contribution in [-0.2, 0) is 11.3 Å². The number of nitrogens with zero attached hydrogens (tertiary/aromatic N) is 5. The van der Waals surface area contributed by atoms with Crippen LogP contribution in [0.2, 0.25) is 5.02 Å². The van der Waals surface area contributed by atoms with Crippen LogP contribution in [-0.4, -0.2) is 36.4 Å². The molecule has 4 aromatic rings. The maximum absolute atomic E-state index is 12.4. The van der Waals surface area contributed by atoms with Crippen LogP contribution in [0, 0.1) is 0 Å². The third-order valence-corrected chi connectivity index (χ3v) is 6.13. The molecule has 3 heterocycles. The van der Waals surface area contributed by atoms with Gasteiger partial charge in [-0.2, -0.15) is 0 Å². The molecule has 4 rings (SSSR count). The van der Waals surface area contributed by atoms with E-state index >= 15 is 0 Å². The van der Waals surface area contributed by atoms with Crippen molar-refractivity contribution >= 4 is 45.7 Å². The molecule has 0 unspecified atom stereocenters. The number of thioether (sulfide) groups is 1. The predicted molar refractivity (Wildman–Crippen MR) is 121 cm³/mol. The van der Waals surface area contributed by atoms with Gasteiger partial charge in [-0.3, -0.25) is 9.78 Å². The number of halogens is 1. The van der Waals surface area contributed by atoms with Gasteiger partial charge in [0.25, 0.3) is 0 Å². The molecule has 0 radical (unpaired) electrons. The number of nitrogens with one attached hydrogen (secondary N) is 1. The Labute approximate surface area is 186 Å². The van der Waals surface area contributed by atoms with Gasteiger partial charge in [0.15, 0.2) is 16.1 Å². The summed E-state index contributed by atoms with van der Waals surface area (Å²) in [4.78, 5) is 21.2. The van der Waals surface area contributed by atoms with Crippen LogP contribution in [0.3, 0.4) is 0 Å². The molecule has 152 valence electrons. The van der Waals surface area contributed by atoms with Crippen LogP contribution in [0.15, 0.2) is 59.2 Å². The summed E-state index contributed by atoms with van der Waals surface area (Å²) >= 11 is 8.64. The lowest BCUT2D eigenvalue weighted by Crippen LogP contribution is -2.14. The third-order valence-electron chi connectivity index (χ3n) is 4.15. The molecule has 0 saturated carbocycles. The number of thiazole rings is 1. The minimum Gasteiger partial charge on any atom is -0.301 e.